The number of unbranched alkanes of at least 4 members (excludes halogenated alkanes) is 6. The first-order valence-corrected chi connectivity index (χ1v) is 11.7. The van der Waals surface area contributed by atoms with Gasteiger partial charge in [0.2, 0.25) is 0 Å². The molecular formula is C19H32O2S2. The Bertz CT molecular complexity index is 495. The van der Waals surface area contributed by atoms with Crippen molar-refractivity contribution < 1.29 is 8.42 Å². The largest absolute Gasteiger partial charge is 0.229 e. The van der Waals surface area contributed by atoms with E-state index < -0.39 is 9.84 Å². The van der Waals surface area contributed by atoms with Crippen LogP contribution in [0.15, 0.2) is 30.3 Å². The van der Waals surface area contributed by atoms with Gasteiger partial charge in [0.15, 0.2) is 9.84 Å². The molecule has 0 amide bonds. The second kappa shape index (κ2) is 12.0. The molecule has 0 radical (unpaired) electrons. The van der Waals surface area contributed by atoms with Crippen LogP contribution in [0.1, 0.15) is 64.4 Å². The lowest BCUT2D eigenvalue weighted by atomic mass is 10.1. The molecule has 0 N–H and O–H groups in total. The summed E-state index contributed by atoms with van der Waals surface area (Å²) in [6, 6.07) is 10.6. The number of rotatable bonds is 13. The molecule has 0 saturated heterocycles. The minimum Gasteiger partial charge on any atom is -0.229 e. The fourth-order valence-electron chi connectivity index (χ4n) is 2.39. The third-order valence-electron chi connectivity index (χ3n) is 4.05. The summed E-state index contributed by atoms with van der Waals surface area (Å²) in [5.41, 5.74) is 1.41. The minimum absolute atomic E-state index is 0.226. The monoisotopic (exact) mass is 356 g/mol. The zero-order chi connectivity index (χ0) is 17.0. The predicted octanol–water partition coefficient (Wildman–Crippen LogP) is 5.47. The van der Waals surface area contributed by atoms with Crippen molar-refractivity contribution in [1.82, 2.24) is 0 Å². The van der Waals surface area contributed by atoms with E-state index in [0.717, 1.165) is 18.6 Å². The number of hydrogen-bond donors (Lipinski definition) is 0. The molecule has 0 fully saturated rings. The molecule has 4 heteroatoms. The van der Waals surface area contributed by atoms with Crippen LogP contribution in [0.3, 0.4) is 0 Å². The maximum atomic E-state index is 11.7. The van der Waals surface area contributed by atoms with Gasteiger partial charge in [0, 0.05) is 5.75 Å². The van der Waals surface area contributed by atoms with Crippen molar-refractivity contribution in [2.24, 2.45) is 0 Å². The summed E-state index contributed by atoms with van der Waals surface area (Å²) in [6.45, 7) is 3.54. The van der Waals surface area contributed by atoms with Crippen molar-refractivity contribution in [1.29, 1.82) is 0 Å². The smallest absolute Gasteiger partial charge is 0.152 e. The maximum absolute atomic E-state index is 11.7. The minimum atomic E-state index is -2.83. The molecule has 0 saturated carbocycles. The van der Waals surface area contributed by atoms with Crippen LogP contribution in [-0.4, -0.2) is 25.2 Å². The zero-order valence-electron chi connectivity index (χ0n) is 14.7. The molecule has 0 aliphatic carbocycles. The SMILES string of the molecule is CC(C)S(=O)(=O)CCCCCCCCCSCc1ccccc1. The molecular weight excluding hydrogens is 324 g/mol. The second-order valence-electron chi connectivity index (χ2n) is 6.43. The number of benzene rings is 1. The molecule has 1 aromatic rings. The van der Waals surface area contributed by atoms with Gasteiger partial charge in [-0.25, -0.2) is 8.42 Å². The molecule has 1 aromatic carbocycles. The molecule has 0 heterocycles. The summed E-state index contributed by atoms with van der Waals surface area (Å²) in [7, 11) is -2.83. The van der Waals surface area contributed by atoms with E-state index in [1.165, 1.54) is 43.4 Å². The van der Waals surface area contributed by atoms with Crippen molar-refractivity contribution in [3.63, 3.8) is 0 Å². The summed E-state index contributed by atoms with van der Waals surface area (Å²) < 4.78 is 23.3. The van der Waals surface area contributed by atoms with E-state index in [9.17, 15) is 8.42 Å². The Morgan fingerprint density at radius 1 is 0.870 bits per heavy atom. The molecule has 0 aromatic heterocycles. The Morgan fingerprint density at radius 2 is 1.43 bits per heavy atom. The Kier molecular flexibility index (Phi) is 10.7. The number of thioether (sulfide) groups is 1. The predicted molar refractivity (Wildman–Crippen MR) is 104 cm³/mol. The fraction of sp³-hybridized carbons (Fsp3) is 0.684. The van der Waals surface area contributed by atoms with Crippen LogP contribution in [0.2, 0.25) is 0 Å². The van der Waals surface area contributed by atoms with Gasteiger partial charge in [0.25, 0.3) is 0 Å². The van der Waals surface area contributed by atoms with Crippen molar-refractivity contribution in [2.75, 3.05) is 11.5 Å². The third-order valence-corrected chi connectivity index (χ3v) is 7.46. The van der Waals surface area contributed by atoms with Gasteiger partial charge in [-0.2, -0.15) is 11.8 Å². The molecule has 0 aliphatic heterocycles. The Balaban J connectivity index is 1.87. The van der Waals surface area contributed by atoms with Crippen molar-refractivity contribution in [3.8, 4) is 0 Å². The van der Waals surface area contributed by atoms with Crippen LogP contribution in [0, 0.1) is 0 Å². The summed E-state index contributed by atoms with van der Waals surface area (Å²) in [5.74, 6) is 2.72. The Morgan fingerprint density at radius 3 is 2.04 bits per heavy atom. The second-order valence-corrected chi connectivity index (χ2v) is 10.2. The van der Waals surface area contributed by atoms with Crippen LogP contribution in [0.5, 0.6) is 0 Å². The van der Waals surface area contributed by atoms with E-state index in [2.05, 4.69) is 30.3 Å². The van der Waals surface area contributed by atoms with E-state index in [-0.39, 0.29) is 5.25 Å². The molecule has 1 rings (SSSR count). The Labute approximate surface area is 147 Å². The number of sulfone groups is 1. The lowest BCUT2D eigenvalue weighted by molar-refractivity contribution is 0.573. The van der Waals surface area contributed by atoms with Gasteiger partial charge in [-0.3, -0.25) is 0 Å². The standard InChI is InChI=1S/C19H32O2S2/c1-18(2)23(20,21)16-12-7-5-3-4-6-11-15-22-17-19-13-9-8-10-14-19/h8-10,13-14,18H,3-7,11-12,15-17H2,1-2H3. The summed E-state index contributed by atoms with van der Waals surface area (Å²) in [6.07, 6.45) is 8.16. The molecule has 2 nitrogen and oxygen atoms in total. The highest BCUT2D eigenvalue weighted by Crippen LogP contribution is 2.15. The summed E-state index contributed by atoms with van der Waals surface area (Å²) in [4.78, 5) is 0. The van der Waals surface area contributed by atoms with E-state index in [4.69, 9.17) is 0 Å². The average molecular weight is 357 g/mol. The normalized spacial score (nSPS) is 12.0. The molecule has 0 unspecified atom stereocenters. The van der Waals surface area contributed by atoms with Crippen LogP contribution in [0.4, 0.5) is 0 Å². The lowest BCUT2D eigenvalue weighted by Crippen LogP contribution is -2.17. The Hall–Kier alpha value is -0.480. The van der Waals surface area contributed by atoms with Crippen molar-refractivity contribution in [3.05, 3.63) is 35.9 Å². The van der Waals surface area contributed by atoms with E-state index >= 15 is 0 Å². The van der Waals surface area contributed by atoms with Crippen molar-refractivity contribution >= 4 is 21.6 Å². The highest BCUT2D eigenvalue weighted by atomic mass is 32.2. The topological polar surface area (TPSA) is 34.1 Å². The quantitative estimate of drug-likeness (QED) is 0.439. The molecule has 0 spiro atoms. The van der Waals surface area contributed by atoms with Gasteiger partial charge in [-0.15, -0.1) is 0 Å². The van der Waals surface area contributed by atoms with Crippen LogP contribution in [0.25, 0.3) is 0 Å². The van der Waals surface area contributed by atoms with E-state index in [1.807, 2.05) is 11.8 Å². The van der Waals surface area contributed by atoms with Gasteiger partial charge in [0.05, 0.1) is 11.0 Å². The third kappa shape index (κ3) is 10.1. The lowest BCUT2D eigenvalue weighted by Gasteiger charge is -2.07. The van der Waals surface area contributed by atoms with Gasteiger partial charge in [-0.05, 0) is 38.0 Å². The maximum Gasteiger partial charge on any atom is 0.152 e. The van der Waals surface area contributed by atoms with Crippen LogP contribution >= 0.6 is 11.8 Å². The average Bonchev–Trinajstić information content (AvgIpc) is 2.53. The van der Waals surface area contributed by atoms with Crippen molar-refractivity contribution in [2.45, 2.75) is 69.8 Å². The first kappa shape index (κ1) is 20.6. The van der Waals surface area contributed by atoms with Gasteiger partial charge in [-0.1, -0.05) is 62.4 Å². The molecule has 0 bridgehead atoms. The molecule has 0 aliphatic rings. The van der Waals surface area contributed by atoms with Gasteiger partial charge in [0.1, 0.15) is 0 Å². The molecule has 23 heavy (non-hydrogen) atoms. The molecule has 0 atom stereocenters. The fourth-order valence-corrected chi connectivity index (χ4v) is 4.45. The van der Waals surface area contributed by atoms with E-state index in [0.29, 0.717) is 5.75 Å². The first-order valence-electron chi connectivity index (χ1n) is 8.85. The number of hydrogen-bond acceptors (Lipinski definition) is 3. The zero-order valence-corrected chi connectivity index (χ0v) is 16.3. The van der Waals surface area contributed by atoms with E-state index in [1.54, 1.807) is 13.8 Å². The van der Waals surface area contributed by atoms with Crippen LogP contribution in [-0.2, 0) is 15.6 Å². The van der Waals surface area contributed by atoms with Gasteiger partial charge < -0.3 is 0 Å². The van der Waals surface area contributed by atoms with Gasteiger partial charge >= 0.3 is 0 Å². The first-order chi connectivity index (χ1) is 11.0. The highest BCUT2D eigenvalue weighted by Gasteiger charge is 2.14. The summed E-state index contributed by atoms with van der Waals surface area (Å²) >= 11 is 2.02. The summed E-state index contributed by atoms with van der Waals surface area (Å²) in [5, 5.41) is -0.226. The van der Waals surface area contributed by atoms with Crippen LogP contribution < -0.4 is 0 Å². The highest BCUT2D eigenvalue weighted by molar-refractivity contribution is 7.98. The molecule has 132 valence electrons.